The van der Waals surface area contributed by atoms with Crippen LogP contribution in [0.25, 0.3) is 0 Å². The summed E-state index contributed by atoms with van der Waals surface area (Å²) in [6.45, 7) is 4.26. The highest BCUT2D eigenvalue weighted by molar-refractivity contribution is 6.32. The maximum absolute atomic E-state index is 12.3. The van der Waals surface area contributed by atoms with Crippen LogP contribution in [0.15, 0.2) is 36.4 Å². The van der Waals surface area contributed by atoms with Crippen LogP contribution in [0.3, 0.4) is 0 Å². The number of hydrazine groups is 1. The molecule has 6 nitrogen and oxygen atoms in total. The van der Waals surface area contributed by atoms with Crippen molar-refractivity contribution in [3.63, 3.8) is 0 Å². The second kappa shape index (κ2) is 9.10. The number of amides is 2. The van der Waals surface area contributed by atoms with Crippen molar-refractivity contribution in [2.75, 3.05) is 13.7 Å². The van der Waals surface area contributed by atoms with Crippen molar-refractivity contribution in [3.8, 4) is 11.5 Å². The zero-order chi connectivity index (χ0) is 19.1. The summed E-state index contributed by atoms with van der Waals surface area (Å²) < 4.78 is 10.6. The zero-order valence-corrected chi connectivity index (χ0v) is 15.6. The fourth-order valence-corrected chi connectivity index (χ4v) is 2.55. The third kappa shape index (κ3) is 4.67. The van der Waals surface area contributed by atoms with E-state index in [1.807, 2.05) is 26.0 Å². The van der Waals surface area contributed by atoms with E-state index in [0.717, 1.165) is 12.0 Å². The number of ether oxygens (including phenoxy) is 2. The minimum absolute atomic E-state index is 0.233. The number of hydrogen-bond donors (Lipinski definition) is 2. The largest absolute Gasteiger partial charge is 0.493 e. The SMILES string of the molecule is CCOc1c(Cl)cc(C(=O)NNC(=O)c2ccc(CC)cc2)cc1OC. The number of nitrogens with one attached hydrogen (secondary N) is 2. The molecular weight excluding hydrogens is 356 g/mol. The fraction of sp³-hybridized carbons (Fsp3) is 0.263. The first-order valence-corrected chi connectivity index (χ1v) is 8.57. The molecule has 0 aromatic heterocycles. The van der Waals surface area contributed by atoms with Gasteiger partial charge in [-0.05, 0) is 43.2 Å². The summed E-state index contributed by atoms with van der Waals surface area (Å²) in [7, 11) is 1.46. The molecule has 138 valence electrons. The molecule has 2 aromatic carbocycles. The molecule has 0 heterocycles. The van der Waals surface area contributed by atoms with Gasteiger partial charge in [-0.1, -0.05) is 30.7 Å². The number of carbonyl (C=O) groups is 2. The standard InChI is InChI=1S/C19H21ClN2O4/c1-4-12-6-8-13(9-7-12)18(23)21-22-19(24)14-10-15(20)17(26-5-2)16(11-14)25-3/h6-11H,4-5H2,1-3H3,(H,21,23)(H,22,24). The first-order chi connectivity index (χ1) is 12.5. The van der Waals surface area contributed by atoms with E-state index < -0.39 is 11.8 Å². The summed E-state index contributed by atoms with van der Waals surface area (Å²) in [4.78, 5) is 24.4. The van der Waals surface area contributed by atoms with Crippen LogP contribution in [0.5, 0.6) is 11.5 Å². The van der Waals surface area contributed by atoms with Crippen molar-refractivity contribution in [2.45, 2.75) is 20.3 Å². The molecule has 0 spiro atoms. The first-order valence-electron chi connectivity index (χ1n) is 8.20. The predicted molar refractivity (Wildman–Crippen MR) is 99.9 cm³/mol. The molecule has 2 amide bonds. The van der Waals surface area contributed by atoms with Crippen molar-refractivity contribution in [2.24, 2.45) is 0 Å². The maximum Gasteiger partial charge on any atom is 0.269 e. The molecule has 0 atom stereocenters. The van der Waals surface area contributed by atoms with Crippen molar-refractivity contribution in [1.82, 2.24) is 10.9 Å². The van der Waals surface area contributed by atoms with Gasteiger partial charge in [0.1, 0.15) is 0 Å². The van der Waals surface area contributed by atoms with Gasteiger partial charge in [-0.2, -0.15) is 0 Å². The number of halogens is 1. The van der Waals surface area contributed by atoms with Gasteiger partial charge in [0.25, 0.3) is 11.8 Å². The van der Waals surface area contributed by atoms with Crippen LogP contribution >= 0.6 is 11.6 Å². The molecule has 0 aliphatic rings. The van der Waals surface area contributed by atoms with E-state index in [9.17, 15) is 9.59 Å². The summed E-state index contributed by atoms with van der Waals surface area (Å²) in [6.07, 6.45) is 0.888. The Morgan fingerprint density at radius 3 is 2.15 bits per heavy atom. The van der Waals surface area contributed by atoms with E-state index in [1.165, 1.54) is 19.2 Å². The Balaban J connectivity index is 2.07. The zero-order valence-electron chi connectivity index (χ0n) is 14.9. The Morgan fingerprint density at radius 1 is 1.00 bits per heavy atom. The lowest BCUT2D eigenvalue weighted by Crippen LogP contribution is -2.41. The maximum atomic E-state index is 12.3. The Bertz CT molecular complexity index is 791. The van der Waals surface area contributed by atoms with Crippen molar-refractivity contribution in [1.29, 1.82) is 0 Å². The topological polar surface area (TPSA) is 76.7 Å². The monoisotopic (exact) mass is 376 g/mol. The molecule has 0 aliphatic heterocycles. The lowest BCUT2D eigenvalue weighted by Gasteiger charge is -2.13. The molecule has 0 bridgehead atoms. The van der Waals surface area contributed by atoms with E-state index in [1.54, 1.807) is 12.1 Å². The second-order valence-corrected chi connectivity index (χ2v) is 5.79. The molecule has 0 saturated carbocycles. The third-order valence-corrected chi connectivity index (χ3v) is 3.97. The number of benzene rings is 2. The molecule has 7 heteroatoms. The summed E-state index contributed by atoms with van der Waals surface area (Å²) in [5, 5.41) is 0.248. The summed E-state index contributed by atoms with van der Waals surface area (Å²) >= 11 is 6.15. The molecule has 0 fully saturated rings. The highest BCUT2D eigenvalue weighted by atomic mass is 35.5. The van der Waals surface area contributed by atoms with E-state index in [-0.39, 0.29) is 10.6 Å². The molecular formula is C19H21ClN2O4. The van der Waals surface area contributed by atoms with Gasteiger partial charge in [0.2, 0.25) is 0 Å². The van der Waals surface area contributed by atoms with Crippen molar-refractivity contribution < 1.29 is 19.1 Å². The van der Waals surface area contributed by atoms with Crippen molar-refractivity contribution in [3.05, 3.63) is 58.1 Å². The van der Waals surface area contributed by atoms with E-state index >= 15 is 0 Å². The van der Waals surface area contributed by atoms with Crippen LogP contribution in [0.1, 0.15) is 40.1 Å². The molecule has 0 unspecified atom stereocenters. The lowest BCUT2D eigenvalue weighted by atomic mass is 10.1. The second-order valence-electron chi connectivity index (χ2n) is 5.38. The average molecular weight is 377 g/mol. The van der Waals surface area contributed by atoms with Gasteiger partial charge in [0.05, 0.1) is 18.7 Å². The minimum atomic E-state index is -0.522. The van der Waals surface area contributed by atoms with Crippen molar-refractivity contribution >= 4 is 23.4 Å². The quantitative estimate of drug-likeness (QED) is 0.758. The molecule has 0 saturated heterocycles. The van der Waals surface area contributed by atoms with Crippen LogP contribution in [0.2, 0.25) is 5.02 Å². The molecule has 26 heavy (non-hydrogen) atoms. The lowest BCUT2D eigenvalue weighted by molar-refractivity contribution is 0.0846. The van der Waals surface area contributed by atoms with Crippen LogP contribution in [0, 0.1) is 0 Å². The van der Waals surface area contributed by atoms with Gasteiger partial charge < -0.3 is 9.47 Å². The van der Waals surface area contributed by atoms with E-state index in [2.05, 4.69) is 10.9 Å². The Hall–Kier alpha value is -2.73. The predicted octanol–water partition coefficient (Wildman–Crippen LogP) is 3.38. The molecule has 2 rings (SSSR count). The third-order valence-electron chi connectivity index (χ3n) is 3.69. The van der Waals surface area contributed by atoms with Gasteiger partial charge in [0, 0.05) is 11.1 Å². The van der Waals surface area contributed by atoms with E-state index in [0.29, 0.717) is 23.7 Å². The number of carbonyl (C=O) groups excluding carboxylic acids is 2. The molecule has 0 radical (unpaired) electrons. The number of hydrogen-bond acceptors (Lipinski definition) is 4. The average Bonchev–Trinajstić information content (AvgIpc) is 2.67. The fourth-order valence-electron chi connectivity index (χ4n) is 2.29. The van der Waals surface area contributed by atoms with Crippen LogP contribution < -0.4 is 20.3 Å². The van der Waals surface area contributed by atoms with Crippen LogP contribution in [-0.2, 0) is 6.42 Å². The summed E-state index contributed by atoms with van der Waals surface area (Å²) in [5.74, 6) is -0.226. The van der Waals surface area contributed by atoms with Gasteiger partial charge in [-0.3, -0.25) is 20.4 Å². The summed E-state index contributed by atoms with van der Waals surface area (Å²) in [6, 6.07) is 10.1. The van der Waals surface area contributed by atoms with Gasteiger partial charge in [0.15, 0.2) is 11.5 Å². The minimum Gasteiger partial charge on any atom is -0.493 e. The van der Waals surface area contributed by atoms with Crippen LogP contribution in [0.4, 0.5) is 0 Å². The number of aryl methyl sites for hydroxylation is 1. The smallest absolute Gasteiger partial charge is 0.269 e. The number of methoxy groups -OCH3 is 1. The highest BCUT2D eigenvalue weighted by Crippen LogP contribution is 2.36. The van der Waals surface area contributed by atoms with Gasteiger partial charge in [-0.15, -0.1) is 0 Å². The normalized spacial score (nSPS) is 10.2. The van der Waals surface area contributed by atoms with Gasteiger partial charge >= 0.3 is 0 Å². The van der Waals surface area contributed by atoms with Crippen LogP contribution in [-0.4, -0.2) is 25.5 Å². The number of rotatable bonds is 6. The Labute approximate surface area is 157 Å². The molecule has 0 aliphatic carbocycles. The molecule has 2 N–H and O–H groups in total. The van der Waals surface area contributed by atoms with E-state index in [4.69, 9.17) is 21.1 Å². The highest BCUT2D eigenvalue weighted by Gasteiger charge is 2.16. The van der Waals surface area contributed by atoms with Gasteiger partial charge in [-0.25, -0.2) is 0 Å². The Kier molecular flexibility index (Phi) is 6.86. The molecule has 2 aromatic rings. The summed E-state index contributed by atoms with van der Waals surface area (Å²) in [5.41, 5.74) is 6.55. The Morgan fingerprint density at radius 2 is 1.62 bits per heavy atom. The first kappa shape index (κ1) is 19.6.